The van der Waals surface area contributed by atoms with Gasteiger partial charge in [0, 0.05) is 6.42 Å². The molecule has 0 aromatic heterocycles. The van der Waals surface area contributed by atoms with Crippen LogP contribution in [0.15, 0.2) is 30.3 Å². The third kappa shape index (κ3) is 1.63. The van der Waals surface area contributed by atoms with Crippen LogP contribution in [0, 0.1) is 0 Å². The quantitative estimate of drug-likeness (QED) is 0.654. The fraction of sp³-hybridized carbons (Fsp3) is 0.364. The molecule has 0 amide bonds. The maximum Gasteiger partial charge on any atom is 0.164 e. The van der Waals surface area contributed by atoms with Crippen molar-refractivity contribution < 1.29 is 9.53 Å². The molecule has 2 heteroatoms. The molecular weight excluding hydrogens is 164 g/mol. The average Bonchev–Trinajstić information content (AvgIpc) is 2.87. The summed E-state index contributed by atoms with van der Waals surface area (Å²) in [4.78, 5) is 11.2. The van der Waals surface area contributed by atoms with E-state index >= 15 is 0 Å². The Morgan fingerprint density at radius 3 is 2.54 bits per heavy atom. The van der Waals surface area contributed by atoms with E-state index in [1.165, 1.54) is 0 Å². The lowest BCUT2D eigenvalue weighted by Crippen LogP contribution is -2.24. The van der Waals surface area contributed by atoms with Crippen molar-refractivity contribution in [2.75, 3.05) is 6.61 Å². The first kappa shape index (κ1) is 8.45. The van der Waals surface area contributed by atoms with Crippen LogP contribution in [0.4, 0.5) is 0 Å². The summed E-state index contributed by atoms with van der Waals surface area (Å²) in [5.74, 6) is 0.136. The molecule has 1 aromatic carbocycles. The Labute approximate surface area is 77.5 Å². The second-order valence-electron chi connectivity index (χ2n) is 3.50. The van der Waals surface area contributed by atoms with E-state index in [-0.39, 0.29) is 5.78 Å². The summed E-state index contributed by atoms with van der Waals surface area (Å²) in [5, 5.41) is 0. The van der Waals surface area contributed by atoms with Crippen LogP contribution in [-0.2, 0) is 16.0 Å². The summed E-state index contributed by atoms with van der Waals surface area (Å²) in [6.07, 6.45) is 0.711. The zero-order valence-corrected chi connectivity index (χ0v) is 7.62. The molecule has 1 atom stereocenters. The SMILES string of the molecule is CC(=O)C1(Cc2ccccc2)CO1. The Morgan fingerprint density at radius 1 is 1.46 bits per heavy atom. The predicted molar refractivity (Wildman–Crippen MR) is 49.5 cm³/mol. The van der Waals surface area contributed by atoms with Crippen molar-refractivity contribution in [3.05, 3.63) is 35.9 Å². The first-order valence-corrected chi connectivity index (χ1v) is 4.42. The third-order valence-corrected chi connectivity index (χ3v) is 2.47. The van der Waals surface area contributed by atoms with Gasteiger partial charge in [0.25, 0.3) is 0 Å². The Balaban J connectivity index is 2.11. The average molecular weight is 176 g/mol. The molecule has 1 aromatic rings. The highest BCUT2D eigenvalue weighted by Crippen LogP contribution is 2.31. The third-order valence-electron chi connectivity index (χ3n) is 2.47. The van der Waals surface area contributed by atoms with Crippen LogP contribution in [-0.4, -0.2) is 18.0 Å². The Bertz CT molecular complexity index is 312. The van der Waals surface area contributed by atoms with Crippen molar-refractivity contribution in [2.45, 2.75) is 18.9 Å². The van der Waals surface area contributed by atoms with E-state index < -0.39 is 5.60 Å². The minimum atomic E-state index is -0.485. The van der Waals surface area contributed by atoms with Crippen molar-refractivity contribution in [1.29, 1.82) is 0 Å². The normalized spacial score (nSPS) is 25.6. The molecule has 0 aliphatic carbocycles. The molecule has 1 heterocycles. The first-order valence-electron chi connectivity index (χ1n) is 4.42. The Morgan fingerprint density at radius 2 is 2.08 bits per heavy atom. The van der Waals surface area contributed by atoms with Gasteiger partial charge in [0.15, 0.2) is 11.4 Å². The van der Waals surface area contributed by atoms with Crippen molar-refractivity contribution in [3.8, 4) is 0 Å². The van der Waals surface area contributed by atoms with Crippen molar-refractivity contribution in [2.24, 2.45) is 0 Å². The number of ether oxygens (including phenoxy) is 1. The highest BCUT2D eigenvalue weighted by molar-refractivity contribution is 5.87. The second-order valence-corrected chi connectivity index (χ2v) is 3.50. The van der Waals surface area contributed by atoms with Crippen molar-refractivity contribution >= 4 is 5.78 Å². The van der Waals surface area contributed by atoms with Crippen LogP contribution < -0.4 is 0 Å². The van der Waals surface area contributed by atoms with Gasteiger partial charge >= 0.3 is 0 Å². The van der Waals surface area contributed by atoms with Gasteiger partial charge in [0.2, 0.25) is 0 Å². The molecule has 0 bridgehead atoms. The van der Waals surface area contributed by atoms with Gasteiger partial charge in [-0.25, -0.2) is 0 Å². The summed E-state index contributed by atoms with van der Waals surface area (Å²) < 4.78 is 5.21. The van der Waals surface area contributed by atoms with E-state index in [4.69, 9.17) is 4.74 Å². The molecule has 1 unspecified atom stereocenters. The van der Waals surface area contributed by atoms with Gasteiger partial charge in [0.1, 0.15) is 0 Å². The summed E-state index contributed by atoms with van der Waals surface area (Å²) in [6, 6.07) is 9.97. The van der Waals surface area contributed by atoms with Gasteiger partial charge in [-0.1, -0.05) is 30.3 Å². The number of Topliss-reactive ketones (excluding diaryl/α,β-unsaturated/α-hetero) is 1. The number of carbonyl (C=O) groups is 1. The van der Waals surface area contributed by atoms with E-state index in [9.17, 15) is 4.79 Å². The van der Waals surface area contributed by atoms with E-state index in [0.29, 0.717) is 13.0 Å². The number of ketones is 1. The zero-order chi connectivity index (χ0) is 9.31. The summed E-state index contributed by atoms with van der Waals surface area (Å²) in [7, 11) is 0. The van der Waals surface area contributed by atoms with Crippen LogP contribution >= 0.6 is 0 Å². The van der Waals surface area contributed by atoms with Gasteiger partial charge in [-0.15, -0.1) is 0 Å². The lowest BCUT2D eigenvalue weighted by Gasteiger charge is -2.06. The largest absolute Gasteiger partial charge is 0.361 e. The van der Waals surface area contributed by atoms with E-state index in [1.807, 2.05) is 30.3 Å². The lowest BCUT2D eigenvalue weighted by molar-refractivity contribution is -0.121. The minimum absolute atomic E-state index is 0.136. The van der Waals surface area contributed by atoms with Crippen LogP contribution in [0.5, 0.6) is 0 Å². The molecule has 2 rings (SSSR count). The smallest absolute Gasteiger partial charge is 0.164 e. The number of carbonyl (C=O) groups excluding carboxylic acids is 1. The number of epoxide rings is 1. The molecular formula is C11H12O2. The minimum Gasteiger partial charge on any atom is -0.361 e. The molecule has 0 N–H and O–H groups in total. The lowest BCUT2D eigenvalue weighted by atomic mass is 9.97. The van der Waals surface area contributed by atoms with E-state index in [0.717, 1.165) is 5.56 Å². The maximum absolute atomic E-state index is 11.2. The molecule has 0 saturated carbocycles. The molecule has 13 heavy (non-hydrogen) atoms. The van der Waals surface area contributed by atoms with Gasteiger partial charge < -0.3 is 4.74 Å². The number of benzene rings is 1. The van der Waals surface area contributed by atoms with Crippen LogP contribution in [0.2, 0.25) is 0 Å². The van der Waals surface area contributed by atoms with Crippen LogP contribution in [0.25, 0.3) is 0 Å². The fourth-order valence-electron chi connectivity index (χ4n) is 1.44. The summed E-state index contributed by atoms with van der Waals surface area (Å²) in [6.45, 7) is 2.17. The fourth-order valence-corrected chi connectivity index (χ4v) is 1.44. The molecule has 0 radical (unpaired) electrons. The maximum atomic E-state index is 11.2. The van der Waals surface area contributed by atoms with E-state index in [1.54, 1.807) is 6.92 Å². The van der Waals surface area contributed by atoms with Gasteiger partial charge in [-0.2, -0.15) is 0 Å². The summed E-state index contributed by atoms with van der Waals surface area (Å²) >= 11 is 0. The standard InChI is InChI=1S/C11H12O2/c1-9(12)11(8-13-11)7-10-5-3-2-4-6-10/h2-6H,7-8H2,1H3. The second kappa shape index (κ2) is 2.96. The number of hydrogen-bond acceptors (Lipinski definition) is 2. The Kier molecular flexibility index (Phi) is 1.93. The highest BCUT2D eigenvalue weighted by atomic mass is 16.6. The first-order chi connectivity index (χ1) is 6.23. The molecule has 1 aliphatic rings. The molecule has 2 nitrogen and oxygen atoms in total. The molecule has 0 spiro atoms. The van der Waals surface area contributed by atoms with Crippen molar-refractivity contribution in [1.82, 2.24) is 0 Å². The van der Waals surface area contributed by atoms with Gasteiger partial charge in [-0.3, -0.25) is 4.79 Å². The highest BCUT2D eigenvalue weighted by Gasteiger charge is 2.49. The molecule has 1 saturated heterocycles. The molecule has 1 aliphatic heterocycles. The van der Waals surface area contributed by atoms with Gasteiger partial charge in [-0.05, 0) is 12.5 Å². The summed E-state index contributed by atoms with van der Waals surface area (Å²) in [5.41, 5.74) is 0.677. The van der Waals surface area contributed by atoms with E-state index in [2.05, 4.69) is 0 Å². The predicted octanol–water partition coefficient (Wildman–Crippen LogP) is 1.59. The number of hydrogen-bond donors (Lipinski definition) is 0. The zero-order valence-electron chi connectivity index (χ0n) is 7.62. The van der Waals surface area contributed by atoms with Crippen molar-refractivity contribution in [3.63, 3.8) is 0 Å². The monoisotopic (exact) mass is 176 g/mol. The molecule has 1 fully saturated rings. The number of rotatable bonds is 3. The van der Waals surface area contributed by atoms with Crippen LogP contribution in [0.1, 0.15) is 12.5 Å². The van der Waals surface area contributed by atoms with Crippen LogP contribution in [0.3, 0.4) is 0 Å². The van der Waals surface area contributed by atoms with Gasteiger partial charge in [0.05, 0.1) is 6.61 Å². The topological polar surface area (TPSA) is 29.6 Å². The molecule has 68 valence electrons. The Hall–Kier alpha value is -1.15.